The van der Waals surface area contributed by atoms with Crippen molar-refractivity contribution < 1.29 is 33.4 Å². The summed E-state index contributed by atoms with van der Waals surface area (Å²) in [6, 6.07) is 8.79. The van der Waals surface area contributed by atoms with Crippen molar-refractivity contribution in [2.45, 2.75) is 162 Å². The smallest absolute Gasteiger partial charge is 0.407 e. The summed E-state index contributed by atoms with van der Waals surface area (Å²) in [5.41, 5.74) is 3.24. The van der Waals surface area contributed by atoms with Crippen LogP contribution in [0.1, 0.15) is 154 Å². The van der Waals surface area contributed by atoms with Crippen LogP contribution in [-0.2, 0) is 19.1 Å². The molecular formula is C54H76N6O7S. The number of ether oxygens (including phenoxy) is 3. The molecule has 8 rings (SSSR count). The molecule has 0 saturated heterocycles. The zero-order valence-electron chi connectivity index (χ0n) is 41.3. The number of alkyl carbamates (subject to hydrolysis) is 1. The summed E-state index contributed by atoms with van der Waals surface area (Å²) in [6.07, 6.45) is 20.1. The summed E-state index contributed by atoms with van der Waals surface area (Å²) in [5.74, 6) is 4.89. The van der Waals surface area contributed by atoms with Crippen molar-refractivity contribution in [2.75, 3.05) is 25.5 Å². The number of carbonyl (C=O) groups excluding carboxylic acids is 4. The maximum absolute atomic E-state index is 13.0. The van der Waals surface area contributed by atoms with Crippen LogP contribution in [0.4, 0.5) is 9.93 Å². The van der Waals surface area contributed by atoms with Crippen LogP contribution in [0.25, 0.3) is 10.2 Å². The molecule has 2 aromatic heterocycles. The average Bonchev–Trinajstić information content (AvgIpc) is 3.90. The highest BCUT2D eigenvalue weighted by molar-refractivity contribution is 7.22. The van der Waals surface area contributed by atoms with Crippen molar-refractivity contribution in [1.82, 2.24) is 25.9 Å². The molecule has 13 nitrogen and oxygen atoms in total. The van der Waals surface area contributed by atoms with Crippen LogP contribution in [0.3, 0.4) is 0 Å². The summed E-state index contributed by atoms with van der Waals surface area (Å²) in [4.78, 5) is 59.5. The SMILES string of the molecule is CNC(=O)c1cc(Oc2ccc3nc(N[C@H]4CCCCC4OC(=O)CCC(=O)NCCNC(=O)O[C@H]4CC[C@@]5(C)C(=CCC6C5CC[C@@]5(C)C6CC[C@@H]5[C@H](C)CCCC(C)C)C4)sc3c2)ccn1. The van der Waals surface area contributed by atoms with E-state index in [4.69, 9.17) is 19.2 Å². The fourth-order valence-corrected chi connectivity index (χ4v) is 14.3. The molecule has 0 spiro atoms. The molecule has 0 aliphatic heterocycles. The predicted octanol–water partition coefficient (Wildman–Crippen LogP) is 11.1. The fraction of sp³-hybridized carbons (Fsp3) is 0.667. The van der Waals surface area contributed by atoms with Gasteiger partial charge in [0.15, 0.2) is 5.13 Å². The van der Waals surface area contributed by atoms with E-state index in [0.29, 0.717) is 16.9 Å². The second kappa shape index (κ2) is 21.9. The van der Waals surface area contributed by atoms with Crippen LogP contribution in [0.2, 0.25) is 0 Å². The second-order valence-electron chi connectivity index (χ2n) is 21.6. The van der Waals surface area contributed by atoms with E-state index >= 15 is 0 Å². The number of anilines is 1. The van der Waals surface area contributed by atoms with E-state index in [1.807, 2.05) is 18.2 Å². The molecule has 5 aliphatic rings. The number of esters is 1. The van der Waals surface area contributed by atoms with Gasteiger partial charge in [0.25, 0.3) is 5.91 Å². The lowest BCUT2D eigenvalue weighted by Gasteiger charge is -2.58. The number of hydrogen-bond donors (Lipinski definition) is 4. The van der Waals surface area contributed by atoms with Gasteiger partial charge in [-0.05, 0) is 129 Å². The van der Waals surface area contributed by atoms with Crippen LogP contribution in [0.15, 0.2) is 48.2 Å². The van der Waals surface area contributed by atoms with E-state index in [2.05, 4.69) is 66.9 Å². The van der Waals surface area contributed by atoms with Crippen LogP contribution in [0.5, 0.6) is 11.5 Å². The number of hydrogen-bond acceptors (Lipinski definition) is 11. The lowest BCUT2D eigenvalue weighted by molar-refractivity contribution is -0.152. The molecule has 5 aliphatic carbocycles. The molecule has 3 aromatic rings. The normalized spacial score (nSPS) is 29.1. The summed E-state index contributed by atoms with van der Waals surface area (Å²) in [5, 5.41) is 12.4. The van der Waals surface area contributed by atoms with E-state index < -0.39 is 12.1 Å². The Kier molecular flexibility index (Phi) is 16.0. The van der Waals surface area contributed by atoms with E-state index in [-0.39, 0.29) is 67.1 Å². The Morgan fingerprint density at radius 3 is 2.50 bits per heavy atom. The van der Waals surface area contributed by atoms with Crippen LogP contribution >= 0.6 is 11.3 Å². The molecule has 0 radical (unpaired) electrons. The molecule has 10 atom stereocenters. The van der Waals surface area contributed by atoms with Crippen LogP contribution < -0.4 is 26.0 Å². The van der Waals surface area contributed by atoms with E-state index in [1.165, 1.54) is 74.5 Å². The Morgan fingerprint density at radius 2 is 1.68 bits per heavy atom. The minimum absolute atomic E-state index is 0.00108. The van der Waals surface area contributed by atoms with Gasteiger partial charge in [0.1, 0.15) is 29.4 Å². The zero-order chi connectivity index (χ0) is 48.0. The number of amides is 3. The monoisotopic (exact) mass is 953 g/mol. The summed E-state index contributed by atoms with van der Waals surface area (Å²) >= 11 is 1.49. The molecule has 3 amide bonds. The van der Waals surface area contributed by atoms with E-state index in [0.717, 1.165) is 95.8 Å². The molecular weight excluding hydrogens is 877 g/mol. The van der Waals surface area contributed by atoms with Gasteiger partial charge in [-0.2, -0.15) is 0 Å². The molecule has 4 fully saturated rings. The minimum atomic E-state index is -0.446. The van der Waals surface area contributed by atoms with Gasteiger partial charge >= 0.3 is 12.1 Å². The quantitative estimate of drug-likeness (QED) is 0.0547. The number of pyridine rings is 1. The van der Waals surface area contributed by atoms with Crippen molar-refractivity contribution in [3.63, 3.8) is 0 Å². The summed E-state index contributed by atoms with van der Waals surface area (Å²) in [6.45, 7) is 12.9. The average molecular weight is 953 g/mol. The van der Waals surface area contributed by atoms with Gasteiger partial charge in [0.05, 0.1) is 22.7 Å². The van der Waals surface area contributed by atoms with Crippen molar-refractivity contribution >= 4 is 50.6 Å². The Hall–Kier alpha value is -4.72. The van der Waals surface area contributed by atoms with Gasteiger partial charge in [-0.15, -0.1) is 0 Å². The first kappa shape index (κ1) is 49.7. The van der Waals surface area contributed by atoms with E-state index in [9.17, 15) is 19.2 Å². The molecule has 2 heterocycles. The van der Waals surface area contributed by atoms with Gasteiger partial charge < -0.3 is 35.5 Å². The maximum Gasteiger partial charge on any atom is 0.407 e. The Balaban J connectivity index is 0.728. The van der Waals surface area contributed by atoms with Gasteiger partial charge in [-0.3, -0.25) is 19.4 Å². The predicted molar refractivity (Wildman–Crippen MR) is 267 cm³/mol. The van der Waals surface area contributed by atoms with Gasteiger partial charge in [-0.25, -0.2) is 9.78 Å². The maximum atomic E-state index is 13.0. The number of nitrogens with zero attached hydrogens (tertiary/aromatic N) is 2. The first-order chi connectivity index (χ1) is 32.7. The molecule has 68 heavy (non-hydrogen) atoms. The minimum Gasteiger partial charge on any atom is -0.460 e. The van der Waals surface area contributed by atoms with Crippen molar-refractivity contribution in [1.29, 1.82) is 0 Å². The standard InChI is InChI=1S/C54H76N6O7S/c1-33(2)10-9-11-34(3)40-17-18-41-39-16-14-35-30-37(22-25-53(35,4)42(39)23-26-54(40,41)5)66-52(64)58-29-28-57-48(61)20-21-49(62)67-46-13-8-7-12-43(46)59-51-60-44-19-15-36(32-47(44)68-51)65-38-24-27-56-45(31-38)50(63)55-6/h14-15,19,24,27,31-34,37,39-43,46H,7-13,16-18,20-23,25-26,28-30H2,1-6H3,(H,55,63)(H,57,61)(H,58,64)(H,59,60)/t34-,37+,39?,40-,41?,42?,43+,46?,53+,54-/m1/s1. The number of rotatable bonds is 18. The largest absolute Gasteiger partial charge is 0.460 e. The van der Waals surface area contributed by atoms with E-state index in [1.54, 1.807) is 19.2 Å². The fourth-order valence-electron chi connectivity index (χ4n) is 13.3. The molecule has 1 aromatic carbocycles. The number of allylic oxidation sites excluding steroid dienone is 1. The van der Waals surface area contributed by atoms with Crippen molar-refractivity contribution in [3.8, 4) is 11.5 Å². The lowest BCUT2D eigenvalue weighted by Crippen LogP contribution is -2.51. The number of carbonyl (C=O) groups is 4. The lowest BCUT2D eigenvalue weighted by atomic mass is 9.47. The highest BCUT2D eigenvalue weighted by Gasteiger charge is 2.59. The zero-order valence-corrected chi connectivity index (χ0v) is 42.1. The number of aromatic nitrogens is 2. The molecule has 14 heteroatoms. The molecule has 370 valence electrons. The van der Waals surface area contributed by atoms with Crippen molar-refractivity contribution in [3.05, 3.63) is 53.9 Å². The first-order valence-electron chi connectivity index (χ1n) is 25.9. The third-order valence-electron chi connectivity index (χ3n) is 16.9. The Labute approximate surface area is 407 Å². The molecule has 4 saturated carbocycles. The van der Waals surface area contributed by atoms with Crippen LogP contribution in [0, 0.1) is 46.3 Å². The number of benzene rings is 1. The Morgan fingerprint density at radius 1 is 0.868 bits per heavy atom. The third kappa shape index (κ3) is 11.5. The Bertz CT molecular complexity index is 2300. The topological polar surface area (TPSA) is 170 Å². The van der Waals surface area contributed by atoms with Gasteiger partial charge in [0.2, 0.25) is 5.91 Å². The highest BCUT2D eigenvalue weighted by Crippen LogP contribution is 2.67. The van der Waals surface area contributed by atoms with Crippen molar-refractivity contribution in [2.24, 2.45) is 46.3 Å². The number of nitrogens with one attached hydrogen (secondary N) is 4. The first-order valence-corrected chi connectivity index (χ1v) is 26.7. The molecule has 4 unspecified atom stereocenters. The highest BCUT2D eigenvalue weighted by atomic mass is 32.1. The third-order valence-corrected chi connectivity index (χ3v) is 17.8. The summed E-state index contributed by atoms with van der Waals surface area (Å²) in [7, 11) is 1.55. The molecule has 4 N–H and O–H groups in total. The van der Waals surface area contributed by atoms with Gasteiger partial charge in [0, 0.05) is 51.3 Å². The number of fused-ring (bicyclic) bond motifs is 6. The molecule has 0 bridgehead atoms. The second-order valence-corrected chi connectivity index (χ2v) is 22.6. The number of thiazole rings is 1. The van der Waals surface area contributed by atoms with Gasteiger partial charge in [-0.1, -0.05) is 83.3 Å². The summed E-state index contributed by atoms with van der Waals surface area (Å²) < 4.78 is 18.8. The van der Waals surface area contributed by atoms with Crippen LogP contribution in [-0.4, -0.2) is 72.2 Å².